The number of likely N-dealkylation sites (N-methyl/N-ethyl adjacent to an activating group) is 1. The van der Waals surface area contributed by atoms with Gasteiger partial charge in [-0.25, -0.2) is 0 Å². The van der Waals surface area contributed by atoms with E-state index in [0.29, 0.717) is 0 Å². The van der Waals surface area contributed by atoms with Crippen LogP contribution in [0.1, 0.15) is 16.7 Å². The normalized spacial score (nSPS) is 19.2. The Labute approximate surface area is 93.6 Å². The monoisotopic (exact) mass is 212 g/mol. The van der Waals surface area contributed by atoms with E-state index in [1.54, 1.807) is 18.0 Å². The van der Waals surface area contributed by atoms with Crippen LogP contribution in [0.5, 0.6) is 0 Å². The summed E-state index contributed by atoms with van der Waals surface area (Å²) in [5.41, 5.74) is 1.83. The van der Waals surface area contributed by atoms with E-state index in [9.17, 15) is 4.79 Å². The Morgan fingerprint density at radius 2 is 2.12 bits per heavy atom. The Morgan fingerprint density at radius 3 is 2.88 bits per heavy atom. The summed E-state index contributed by atoms with van der Waals surface area (Å²) in [6.07, 6.45) is 1.73. The van der Waals surface area contributed by atoms with E-state index in [1.807, 2.05) is 34.9 Å². The van der Waals surface area contributed by atoms with Crippen molar-refractivity contribution in [2.45, 2.75) is 6.17 Å². The van der Waals surface area contributed by atoms with Crippen LogP contribution in [0.2, 0.25) is 0 Å². The zero-order valence-electron chi connectivity index (χ0n) is 9.05. The first-order valence-corrected chi connectivity index (χ1v) is 5.23. The topological polar surface area (TPSA) is 25.2 Å². The fraction of sp³-hybridized carbons (Fsp3) is 0.154. The van der Waals surface area contributed by atoms with Gasteiger partial charge in [-0.1, -0.05) is 24.8 Å². The van der Waals surface area contributed by atoms with Crippen LogP contribution >= 0.6 is 0 Å². The lowest BCUT2D eigenvalue weighted by Crippen LogP contribution is -2.23. The minimum Gasteiger partial charge on any atom is -0.316 e. The molecule has 1 aliphatic rings. The average Bonchev–Trinajstić information content (AvgIpc) is 2.78. The predicted molar refractivity (Wildman–Crippen MR) is 63.3 cm³/mol. The lowest BCUT2D eigenvalue weighted by Gasteiger charge is -2.18. The molecule has 0 radical (unpaired) electrons. The molecule has 0 aliphatic carbocycles. The van der Waals surface area contributed by atoms with E-state index >= 15 is 0 Å². The molecule has 1 unspecified atom stereocenters. The van der Waals surface area contributed by atoms with Crippen molar-refractivity contribution in [2.24, 2.45) is 0 Å². The highest BCUT2D eigenvalue weighted by atomic mass is 16.2. The Kier molecular flexibility index (Phi) is 1.72. The van der Waals surface area contributed by atoms with Crippen molar-refractivity contribution in [1.29, 1.82) is 0 Å². The maximum absolute atomic E-state index is 12.0. The van der Waals surface area contributed by atoms with Gasteiger partial charge in [0, 0.05) is 12.4 Å². The molecule has 80 valence electrons. The molecule has 1 aliphatic heterocycles. The number of carbonyl (C=O) groups is 1. The molecule has 1 amide bonds. The third-order valence-corrected chi connectivity index (χ3v) is 3.16. The number of rotatable bonds is 1. The minimum absolute atomic E-state index is 0.0566. The molecular formula is C13H12N2O. The van der Waals surface area contributed by atoms with Crippen molar-refractivity contribution in [1.82, 2.24) is 9.47 Å². The van der Waals surface area contributed by atoms with E-state index < -0.39 is 0 Å². The second kappa shape index (κ2) is 2.98. The van der Waals surface area contributed by atoms with Crippen molar-refractivity contribution < 1.29 is 4.79 Å². The smallest absolute Gasteiger partial charge is 0.272 e. The molecule has 0 N–H and O–H groups in total. The molecule has 2 heterocycles. The van der Waals surface area contributed by atoms with Gasteiger partial charge in [0.15, 0.2) is 0 Å². The molecule has 3 nitrogen and oxygen atoms in total. The predicted octanol–water partition coefficient (Wildman–Crippen LogP) is 2.41. The molecule has 0 saturated heterocycles. The lowest BCUT2D eigenvalue weighted by atomic mass is 10.2. The van der Waals surface area contributed by atoms with Gasteiger partial charge < -0.3 is 9.47 Å². The highest BCUT2D eigenvalue weighted by molar-refractivity contribution is 6.01. The number of aromatic nitrogens is 1. The third kappa shape index (κ3) is 0.949. The van der Waals surface area contributed by atoms with Crippen LogP contribution in [0.15, 0.2) is 43.0 Å². The van der Waals surface area contributed by atoms with Gasteiger partial charge in [0.2, 0.25) is 0 Å². The zero-order chi connectivity index (χ0) is 11.3. The Balaban J connectivity index is 2.37. The third-order valence-electron chi connectivity index (χ3n) is 3.16. The van der Waals surface area contributed by atoms with Crippen molar-refractivity contribution >= 4 is 16.8 Å². The standard InChI is InChI=1S/C13H12N2O/c1-3-12-14(2)13(16)11-8-9-6-4-5-7-10(9)15(11)12/h3-8,12H,1H2,2H3. The second-order valence-electron chi connectivity index (χ2n) is 4.02. The summed E-state index contributed by atoms with van der Waals surface area (Å²) >= 11 is 0. The molecule has 0 spiro atoms. The Morgan fingerprint density at radius 1 is 1.38 bits per heavy atom. The summed E-state index contributed by atoms with van der Waals surface area (Å²) in [5.74, 6) is 0.0566. The lowest BCUT2D eigenvalue weighted by molar-refractivity contribution is 0.0787. The Bertz CT molecular complexity index is 597. The van der Waals surface area contributed by atoms with Crippen LogP contribution in [0.3, 0.4) is 0 Å². The van der Waals surface area contributed by atoms with Gasteiger partial charge in [-0.3, -0.25) is 4.79 Å². The number of hydrogen-bond donors (Lipinski definition) is 0. The summed E-state index contributed by atoms with van der Waals surface area (Å²) in [4.78, 5) is 13.7. The van der Waals surface area contributed by atoms with Gasteiger partial charge in [-0.15, -0.1) is 0 Å². The van der Waals surface area contributed by atoms with Gasteiger partial charge >= 0.3 is 0 Å². The largest absolute Gasteiger partial charge is 0.316 e. The molecule has 1 aromatic carbocycles. The summed E-state index contributed by atoms with van der Waals surface area (Å²) < 4.78 is 2.03. The van der Waals surface area contributed by atoms with Crippen molar-refractivity contribution in [3.8, 4) is 0 Å². The number of amides is 1. The van der Waals surface area contributed by atoms with Gasteiger partial charge in [-0.2, -0.15) is 0 Å². The molecule has 0 fully saturated rings. The first-order chi connectivity index (χ1) is 7.74. The van der Waals surface area contributed by atoms with E-state index in [4.69, 9.17) is 0 Å². The Hall–Kier alpha value is -2.03. The highest BCUT2D eigenvalue weighted by Crippen LogP contribution is 2.32. The molecule has 0 bridgehead atoms. The van der Waals surface area contributed by atoms with Crippen LogP contribution in [0, 0.1) is 0 Å². The fourth-order valence-electron chi connectivity index (χ4n) is 2.36. The average molecular weight is 212 g/mol. The van der Waals surface area contributed by atoms with E-state index in [-0.39, 0.29) is 12.1 Å². The number of carbonyl (C=O) groups excluding carboxylic acids is 1. The molecule has 3 rings (SSSR count). The van der Waals surface area contributed by atoms with Crippen molar-refractivity contribution in [3.63, 3.8) is 0 Å². The van der Waals surface area contributed by atoms with Crippen LogP contribution in [0.25, 0.3) is 10.9 Å². The first kappa shape index (κ1) is 9.21. The number of fused-ring (bicyclic) bond motifs is 3. The van der Waals surface area contributed by atoms with E-state index in [2.05, 4.69) is 6.58 Å². The summed E-state index contributed by atoms with van der Waals surface area (Å²) in [6.45, 7) is 3.80. The summed E-state index contributed by atoms with van der Waals surface area (Å²) in [5, 5.41) is 1.10. The second-order valence-corrected chi connectivity index (χ2v) is 4.02. The molecule has 3 heteroatoms. The van der Waals surface area contributed by atoms with Gasteiger partial charge in [0.05, 0.1) is 5.52 Å². The number of benzene rings is 1. The number of hydrogen-bond acceptors (Lipinski definition) is 1. The van der Waals surface area contributed by atoms with Gasteiger partial charge in [0.25, 0.3) is 5.91 Å². The quantitative estimate of drug-likeness (QED) is 0.666. The van der Waals surface area contributed by atoms with Gasteiger partial charge in [0.1, 0.15) is 11.9 Å². The molecule has 2 aromatic rings. The number of para-hydroxylation sites is 1. The minimum atomic E-state index is -0.0672. The van der Waals surface area contributed by atoms with Crippen molar-refractivity contribution in [2.75, 3.05) is 7.05 Å². The highest BCUT2D eigenvalue weighted by Gasteiger charge is 2.33. The summed E-state index contributed by atoms with van der Waals surface area (Å²) in [6, 6.07) is 9.96. The van der Waals surface area contributed by atoms with Crippen LogP contribution in [-0.4, -0.2) is 22.4 Å². The molecular weight excluding hydrogens is 200 g/mol. The summed E-state index contributed by atoms with van der Waals surface area (Å²) in [7, 11) is 1.80. The first-order valence-electron chi connectivity index (χ1n) is 5.23. The van der Waals surface area contributed by atoms with Gasteiger partial charge in [-0.05, 0) is 18.2 Å². The molecule has 0 saturated carbocycles. The fourth-order valence-corrected chi connectivity index (χ4v) is 2.36. The zero-order valence-corrected chi connectivity index (χ0v) is 9.05. The molecule has 1 aromatic heterocycles. The van der Waals surface area contributed by atoms with E-state index in [1.165, 1.54) is 0 Å². The van der Waals surface area contributed by atoms with Crippen LogP contribution < -0.4 is 0 Å². The van der Waals surface area contributed by atoms with Crippen LogP contribution in [0.4, 0.5) is 0 Å². The van der Waals surface area contributed by atoms with Crippen molar-refractivity contribution in [3.05, 3.63) is 48.7 Å². The number of nitrogens with zero attached hydrogens (tertiary/aromatic N) is 2. The maximum Gasteiger partial charge on any atom is 0.272 e. The van der Waals surface area contributed by atoms with E-state index in [0.717, 1.165) is 16.6 Å². The SMILES string of the molecule is C=CC1N(C)C(=O)c2cc3ccccc3n21. The molecule has 1 atom stereocenters. The molecule has 16 heavy (non-hydrogen) atoms. The van der Waals surface area contributed by atoms with Crippen LogP contribution in [-0.2, 0) is 0 Å². The maximum atomic E-state index is 12.0.